The molecule has 0 amide bonds. The van der Waals surface area contributed by atoms with Gasteiger partial charge in [0, 0.05) is 11.6 Å². The molecule has 0 aliphatic heterocycles. The van der Waals surface area contributed by atoms with Crippen LogP contribution in [-0.4, -0.2) is 23.3 Å². The molecule has 15 heavy (non-hydrogen) atoms. The van der Waals surface area contributed by atoms with Crippen LogP contribution in [0, 0.1) is 5.92 Å². The van der Waals surface area contributed by atoms with Crippen molar-refractivity contribution in [3.8, 4) is 0 Å². The summed E-state index contributed by atoms with van der Waals surface area (Å²) in [4.78, 5) is 0. The zero-order valence-electron chi connectivity index (χ0n) is 10.6. The van der Waals surface area contributed by atoms with Crippen LogP contribution in [0.5, 0.6) is 0 Å². The fourth-order valence-electron chi connectivity index (χ4n) is 2.43. The molecular weight excluding hydrogens is 186 g/mol. The molecule has 0 aromatic heterocycles. The molecule has 2 unspecified atom stereocenters. The van der Waals surface area contributed by atoms with E-state index in [4.69, 9.17) is 0 Å². The van der Waals surface area contributed by atoms with Gasteiger partial charge >= 0.3 is 0 Å². The SMILES string of the molecule is CCCC(NC(C)(CO)CCC)C1CC1. The average Bonchev–Trinajstić information content (AvgIpc) is 3.01. The number of hydrogen-bond donors (Lipinski definition) is 2. The Labute approximate surface area is 94.5 Å². The minimum Gasteiger partial charge on any atom is -0.394 e. The Hall–Kier alpha value is -0.0800. The number of hydrogen-bond acceptors (Lipinski definition) is 2. The highest BCUT2D eigenvalue weighted by Crippen LogP contribution is 2.35. The molecule has 0 bridgehead atoms. The lowest BCUT2D eigenvalue weighted by molar-refractivity contribution is 0.144. The summed E-state index contributed by atoms with van der Waals surface area (Å²) in [6, 6.07) is 0.638. The first-order chi connectivity index (χ1) is 7.15. The van der Waals surface area contributed by atoms with E-state index in [-0.39, 0.29) is 12.1 Å². The summed E-state index contributed by atoms with van der Waals surface area (Å²) in [6.07, 6.45) is 7.45. The van der Waals surface area contributed by atoms with Gasteiger partial charge in [0.25, 0.3) is 0 Å². The fourth-order valence-corrected chi connectivity index (χ4v) is 2.43. The Balaban J connectivity index is 2.45. The van der Waals surface area contributed by atoms with Gasteiger partial charge in [-0.25, -0.2) is 0 Å². The van der Waals surface area contributed by atoms with Gasteiger partial charge in [-0.1, -0.05) is 26.7 Å². The molecule has 1 aliphatic carbocycles. The van der Waals surface area contributed by atoms with Crippen LogP contribution in [0.15, 0.2) is 0 Å². The molecule has 2 atom stereocenters. The normalized spacial score (nSPS) is 22.4. The highest BCUT2D eigenvalue weighted by atomic mass is 16.3. The van der Waals surface area contributed by atoms with Crippen molar-refractivity contribution in [3.63, 3.8) is 0 Å². The molecule has 2 N–H and O–H groups in total. The highest BCUT2D eigenvalue weighted by molar-refractivity contribution is 4.93. The molecule has 0 spiro atoms. The van der Waals surface area contributed by atoms with Gasteiger partial charge in [-0.3, -0.25) is 0 Å². The fraction of sp³-hybridized carbons (Fsp3) is 1.00. The maximum Gasteiger partial charge on any atom is 0.0610 e. The van der Waals surface area contributed by atoms with E-state index in [1.165, 1.54) is 25.7 Å². The molecule has 0 heterocycles. The Bertz CT molecular complexity index is 179. The first-order valence-corrected chi connectivity index (χ1v) is 6.53. The predicted octanol–water partition coefficient (Wildman–Crippen LogP) is 2.71. The number of rotatable bonds is 8. The molecule has 1 aliphatic rings. The molecule has 90 valence electrons. The van der Waals surface area contributed by atoms with Crippen LogP contribution >= 0.6 is 0 Å². The van der Waals surface area contributed by atoms with Crippen LogP contribution in [0.4, 0.5) is 0 Å². The van der Waals surface area contributed by atoms with E-state index in [0.717, 1.165) is 18.8 Å². The van der Waals surface area contributed by atoms with E-state index in [2.05, 4.69) is 26.1 Å². The average molecular weight is 213 g/mol. The standard InChI is InChI=1S/C13H27NO/c1-4-6-12(11-7-8-11)14-13(3,10-15)9-5-2/h11-12,14-15H,4-10H2,1-3H3. The van der Waals surface area contributed by atoms with Gasteiger partial charge in [0.15, 0.2) is 0 Å². The van der Waals surface area contributed by atoms with E-state index >= 15 is 0 Å². The minimum absolute atomic E-state index is 0.0584. The molecule has 2 heteroatoms. The summed E-state index contributed by atoms with van der Waals surface area (Å²) >= 11 is 0. The smallest absolute Gasteiger partial charge is 0.0610 e. The third-order valence-electron chi connectivity index (χ3n) is 3.48. The van der Waals surface area contributed by atoms with E-state index in [1.807, 2.05) is 0 Å². The summed E-state index contributed by atoms with van der Waals surface area (Å²) in [5.41, 5.74) is -0.0584. The Kier molecular flexibility index (Phi) is 5.07. The molecule has 1 fully saturated rings. The van der Waals surface area contributed by atoms with Crippen molar-refractivity contribution in [1.29, 1.82) is 0 Å². The highest BCUT2D eigenvalue weighted by Gasteiger charge is 2.34. The van der Waals surface area contributed by atoms with E-state index < -0.39 is 0 Å². The summed E-state index contributed by atoms with van der Waals surface area (Å²) < 4.78 is 0. The summed E-state index contributed by atoms with van der Waals surface area (Å²) in [5, 5.41) is 13.2. The predicted molar refractivity (Wildman–Crippen MR) is 65.0 cm³/mol. The molecule has 2 nitrogen and oxygen atoms in total. The molecule has 0 radical (unpaired) electrons. The van der Waals surface area contributed by atoms with Crippen molar-refractivity contribution >= 4 is 0 Å². The van der Waals surface area contributed by atoms with Crippen molar-refractivity contribution in [2.75, 3.05) is 6.61 Å². The van der Waals surface area contributed by atoms with Gasteiger partial charge in [-0.15, -0.1) is 0 Å². The topological polar surface area (TPSA) is 32.3 Å². The van der Waals surface area contributed by atoms with Gasteiger partial charge in [0.1, 0.15) is 0 Å². The second-order valence-electron chi connectivity index (χ2n) is 5.35. The van der Waals surface area contributed by atoms with E-state index in [9.17, 15) is 5.11 Å². The van der Waals surface area contributed by atoms with Crippen molar-refractivity contribution in [3.05, 3.63) is 0 Å². The largest absolute Gasteiger partial charge is 0.394 e. The molecule has 1 saturated carbocycles. The Morgan fingerprint density at radius 1 is 1.33 bits per heavy atom. The number of aliphatic hydroxyl groups is 1. The van der Waals surface area contributed by atoms with E-state index in [0.29, 0.717) is 6.04 Å². The quantitative estimate of drug-likeness (QED) is 0.650. The van der Waals surface area contributed by atoms with Crippen molar-refractivity contribution in [2.24, 2.45) is 5.92 Å². The Morgan fingerprint density at radius 2 is 2.00 bits per heavy atom. The van der Waals surface area contributed by atoms with Crippen LogP contribution in [0.2, 0.25) is 0 Å². The summed E-state index contributed by atoms with van der Waals surface area (Å²) in [6.45, 7) is 6.84. The van der Waals surface area contributed by atoms with E-state index in [1.54, 1.807) is 0 Å². The lowest BCUT2D eigenvalue weighted by Gasteiger charge is -2.34. The van der Waals surface area contributed by atoms with Gasteiger partial charge in [0.2, 0.25) is 0 Å². The molecule has 0 aromatic rings. The van der Waals surface area contributed by atoms with Crippen molar-refractivity contribution in [2.45, 2.75) is 70.9 Å². The third-order valence-corrected chi connectivity index (χ3v) is 3.48. The molecule has 0 aromatic carbocycles. The van der Waals surface area contributed by atoms with Crippen LogP contribution in [0.3, 0.4) is 0 Å². The molecular formula is C13H27NO. The molecule has 1 rings (SSSR count). The monoisotopic (exact) mass is 213 g/mol. The minimum atomic E-state index is -0.0584. The van der Waals surface area contributed by atoms with Crippen LogP contribution in [0.25, 0.3) is 0 Å². The van der Waals surface area contributed by atoms with Gasteiger partial charge in [0.05, 0.1) is 6.61 Å². The van der Waals surface area contributed by atoms with Crippen LogP contribution in [-0.2, 0) is 0 Å². The summed E-state index contributed by atoms with van der Waals surface area (Å²) in [5.74, 6) is 0.882. The van der Waals surface area contributed by atoms with Crippen molar-refractivity contribution < 1.29 is 5.11 Å². The maximum atomic E-state index is 9.47. The van der Waals surface area contributed by atoms with Gasteiger partial charge in [-0.2, -0.15) is 0 Å². The second-order valence-corrected chi connectivity index (χ2v) is 5.35. The molecule has 0 saturated heterocycles. The van der Waals surface area contributed by atoms with Crippen LogP contribution in [0.1, 0.15) is 59.3 Å². The Morgan fingerprint density at radius 3 is 2.40 bits per heavy atom. The van der Waals surface area contributed by atoms with Gasteiger partial charge in [-0.05, 0) is 38.5 Å². The zero-order chi connectivity index (χ0) is 11.3. The lowest BCUT2D eigenvalue weighted by atomic mass is 9.94. The summed E-state index contributed by atoms with van der Waals surface area (Å²) in [7, 11) is 0. The lowest BCUT2D eigenvalue weighted by Crippen LogP contribution is -2.51. The first kappa shape index (κ1) is 13.0. The van der Waals surface area contributed by atoms with Crippen LogP contribution < -0.4 is 5.32 Å². The first-order valence-electron chi connectivity index (χ1n) is 6.53. The maximum absolute atomic E-state index is 9.47. The zero-order valence-corrected chi connectivity index (χ0v) is 10.6. The third kappa shape index (κ3) is 4.12. The number of nitrogens with one attached hydrogen (secondary N) is 1. The van der Waals surface area contributed by atoms with Gasteiger partial charge < -0.3 is 10.4 Å². The number of aliphatic hydroxyl groups excluding tert-OH is 1. The second kappa shape index (κ2) is 5.86. The van der Waals surface area contributed by atoms with Crippen molar-refractivity contribution in [1.82, 2.24) is 5.32 Å².